The molecule has 0 saturated carbocycles. The Morgan fingerprint density at radius 2 is 2.09 bits per heavy atom. The van der Waals surface area contributed by atoms with E-state index in [4.69, 9.17) is 9.57 Å². The molecule has 0 aromatic rings. The van der Waals surface area contributed by atoms with Gasteiger partial charge >= 0.3 is 0 Å². The summed E-state index contributed by atoms with van der Waals surface area (Å²) in [6.45, 7) is 3.04. The van der Waals surface area contributed by atoms with E-state index >= 15 is 0 Å². The van der Waals surface area contributed by atoms with Gasteiger partial charge in [-0.1, -0.05) is 0 Å². The molecule has 2 fully saturated rings. The van der Waals surface area contributed by atoms with Gasteiger partial charge in [-0.15, -0.1) is 0 Å². The first-order valence-corrected chi connectivity index (χ1v) is 4.48. The van der Waals surface area contributed by atoms with Crippen molar-refractivity contribution in [1.82, 2.24) is 5.06 Å². The van der Waals surface area contributed by atoms with Crippen LogP contribution in [0.15, 0.2) is 0 Å². The Morgan fingerprint density at radius 1 is 1.18 bits per heavy atom. The molecule has 1 atom stereocenters. The summed E-state index contributed by atoms with van der Waals surface area (Å²) in [5.41, 5.74) is 0. The van der Waals surface area contributed by atoms with Gasteiger partial charge in [0, 0.05) is 26.1 Å². The number of rotatable bonds is 2. The summed E-state index contributed by atoms with van der Waals surface area (Å²) in [4.78, 5) is 5.54. The van der Waals surface area contributed by atoms with Crippen LogP contribution in [0.3, 0.4) is 0 Å². The summed E-state index contributed by atoms with van der Waals surface area (Å²) >= 11 is 0. The molecule has 1 unspecified atom stereocenters. The van der Waals surface area contributed by atoms with E-state index in [0.29, 0.717) is 0 Å². The smallest absolute Gasteiger partial charge is 0.177 e. The van der Waals surface area contributed by atoms with Crippen LogP contribution in [0, 0.1) is 0 Å². The lowest BCUT2D eigenvalue weighted by atomic mass is 10.2. The van der Waals surface area contributed by atoms with Crippen molar-refractivity contribution in [3.05, 3.63) is 0 Å². The fourth-order valence-electron chi connectivity index (χ4n) is 1.35. The third-order valence-electron chi connectivity index (χ3n) is 2.22. The van der Waals surface area contributed by atoms with Crippen LogP contribution in [0.1, 0.15) is 25.7 Å². The van der Waals surface area contributed by atoms with Crippen LogP contribution in [-0.4, -0.2) is 31.0 Å². The van der Waals surface area contributed by atoms with Crippen molar-refractivity contribution in [1.29, 1.82) is 0 Å². The molecule has 11 heavy (non-hydrogen) atoms. The van der Waals surface area contributed by atoms with Crippen LogP contribution in [0.2, 0.25) is 0 Å². The summed E-state index contributed by atoms with van der Waals surface area (Å²) in [5, 5.41) is 2.00. The second kappa shape index (κ2) is 3.52. The molecule has 2 aliphatic rings. The molecule has 2 heterocycles. The van der Waals surface area contributed by atoms with Gasteiger partial charge in [-0.05, 0) is 19.3 Å². The predicted octanol–water partition coefficient (Wildman–Crippen LogP) is 1.15. The standard InChI is InChI=1S/C8H15NO2/c1-2-7-10-8(4-1)11-9-5-3-6-9/h8H,1-7H2. The average molecular weight is 157 g/mol. The molecule has 2 aliphatic heterocycles. The third kappa shape index (κ3) is 1.92. The van der Waals surface area contributed by atoms with E-state index in [1.54, 1.807) is 0 Å². The van der Waals surface area contributed by atoms with Gasteiger partial charge in [0.25, 0.3) is 0 Å². The predicted molar refractivity (Wildman–Crippen MR) is 40.9 cm³/mol. The van der Waals surface area contributed by atoms with Crippen molar-refractivity contribution in [2.45, 2.75) is 32.0 Å². The lowest BCUT2D eigenvalue weighted by Gasteiger charge is -2.34. The van der Waals surface area contributed by atoms with E-state index in [1.807, 2.05) is 5.06 Å². The zero-order valence-electron chi connectivity index (χ0n) is 6.79. The van der Waals surface area contributed by atoms with E-state index in [9.17, 15) is 0 Å². The number of ether oxygens (including phenoxy) is 1. The number of hydrogen-bond acceptors (Lipinski definition) is 3. The van der Waals surface area contributed by atoms with E-state index in [-0.39, 0.29) is 6.29 Å². The maximum Gasteiger partial charge on any atom is 0.177 e. The van der Waals surface area contributed by atoms with Crippen LogP contribution in [0.5, 0.6) is 0 Å². The molecule has 64 valence electrons. The Balaban J connectivity index is 1.67. The quantitative estimate of drug-likeness (QED) is 0.600. The summed E-state index contributed by atoms with van der Waals surface area (Å²) < 4.78 is 5.42. The summed E-state index contributed by atoms with van der Waals surface area (Å²) in [6, 6.07) is 0. The zero-order valence-corrected chi connectivity index (χ0v) is 6.79. The largest absolute Gasteiger partial charge is 0.351 e. The van der Waals surface area contributed by atoms with Gasteiger partial charge in [0.15, 0.2) is 6.29 Å². The molecule has 3 nitrogen and oxygen atoms in total. The van der Waals surface area contributed by atoms with E-state index < -0.39 is 0 Å². The first-order chi connectivity index (χ1) is 5.45. The molecular formula is C8H15NO2. The average Bonchev–Trinajstić information content (AvgIpc) is 1.99. The number of hydrogen-bond donors (Lipinski definition) is 0. The molecule has 0 N–H and O–H groups in total. The van der Waals surface area contributed by atoms with Gasteiger partial charge in [0.1, 0.15) is 0 Å². The Hall–Kier alpha value is -0.120. The molecule has 0 radical (unpaired) electrons. The fourth-order valence-corrected chi connectivity index (χ4v) is 1.35. The van der Waals surface area contributed by atoms with Crippen LogP contribution >= 0.6 is 0 Å². The Bertz CT molecular complexity index is 119. The minimum atomic E-state index is 0.0593. The van der Waals surface area contributed by atoms with Crippen LogP contribution in [0.25, 0.3) is 0 Å². The van der Waals surface area contributed by atoms with E-state index in [0.717, 1.165) is 26.1 Å². The summed E-state index contributed by atoms with van der Waals surface area (Å²) in [5.74, 6) is 0. The van der Waals surface area contributed by atoms with Crippen molar-refractivity contribution in [2.24, 2.45) is 0 Å². The first kappa shape index (κ1) is 7.53. The molecule has 2 rings (SSSR count). The Labute approximate surface area is 67.2 Å². The summed E-state index contributed by atoms with van der Waals surface area (Å²) in [6.07, 6.45) is 4.84. The van der Waals surface area contributed by atoms with Crippen molar-refractivity contribution in [3.63, 3.8) is 0 Å². The fraction of sp³-hybridized carbons (Fsp3) is 1.00. The van der Waals surface area contributed by atoms with Gasteiger partial charge in [0.05, 0.1) is 0 Å². The second-order valence-electron chi connectivity index (χ2n) is 3.18. The van der Waals surface area contributed by atoms with Gasteiger partial charge in [-0.2, -0.15) is 5.06 Å². The minimum Gasteiger partial charge on any atom is -0.351 e. The van der Waals surface area contributed by atoms with Crippen LogP contribution < -0.4 is 0 Å². The third-order valence-corrected chi connectivity index (χ3v) is 2.22. The van der Waals surface area contributed by atoms with Gasteiger partial charge < -0.3 is 4.74 Å². The van der Waals surface area contributed by atoms with Crippen molar-refractivity contribution < 1.29 is 9.57 Å². The van der Waals surface area contributed by atoms with Gasteiger partial charge in [-0.25, -0.2) is 0 Å². The molecule has 0 bridgehead atoms. The molecule has 0 amide bonds. The topological polar surface area (TPSA) is 21.7 Å². The molecule has 3 heteroatoms. The minimum absolute atomic E-state index is 0.0593. The SMILES string of the molecule is C1CCC(ON2CCC2)OC1. The maximum atomic E-state index is 5.54. The van der Waals surface area contributed by atoms with Crippen LogP contribution in [-0.2, 0) is 9.57 Å². The van der Waals surface area contributed by atoms with E-state index in [1.165, 1.54) is 19.3 Å². The highest BCUT2D eigenvalue weighted by Crippen LogP contribution is 2.17. The van der Waals surface area contributed by atoms with Crippen molar-refractivity contribution in [3.8, 4) is 0 Å². The molecule has 0 aliphatic carbocycles. The molecule has 0 aromatic heterocycles. The zero-order chi connectivity index (χ0) is 7.52. The number of nitrogens with zero attached hydrogens (tertiary/aromatic N) is 1. The Kier molecular flexibility index (Phi) is 2.41. The molecule has 2 saturated heterocycles. The van der Waals surface area contributed by atoms with Crippen LogP contribution in [0.4, 0.5) is 0 Å². The second-order valence-corrected chi connectivity index (χ2v) is 3.18. The summed E-state index contributed by atoms with van der Waals surface area (Å²) in [7, 11) is 0. The van der Waals surface area contributed by atoms with Gasteiger partial charge in [-0.3, -0.25) is 4.84 Å². The molecule has 0 aromatic carbocycles. The van der Waals surface area contributed by atoms with Crippen molar-refractivity contribution >= 4 is 0 Å². The van der Waals surface area contributed by atoms with E-state index in [2.05, 4.69) is 0 Å². The van der Waals surface area contributed by atoms with Gasteiger partial charge in [0.2, 0.25) is 0 Å². The first-order valence-electron chi connectivity index (χ1n) is 4.48. The normalized spacial score (nSPS) is 33.3. The lowest BCUT2D eigenvalue weighted by molar-refractivity contribution is -0.309. The highest BCUT2D eigenvalue weighted by atomic mass is 16.8. The molecule has 0 spiro atoms. The number of hydroxylamine groups is 2. The maximum absolute atomic E-state index is 5.54. The monoisotopic (exact) mass is 157 g/mol. The Morgan fingerprint density at radius 3 is 2.64 bits per heavy atom. The highest BCUT2D eigenvalue weighted by molar-refractivity contribution is 4.60. The lowest BCUT2D eigenvalue weighted by Crippen LogP contribution is -2.41. The van der Waals surface area contributed by atoms with Crippen molar-refractivity contribution in [2.75, 3.05) is 19.7 Å². The molecular weight excluding hydrogens is 142 g/mol. The highest BCUT2D eigenvalue weighted by Gasteiger charge is 2.21.